The van der Waals surface area contributed by atoms with Crippen molar-refractivity contribution in [2.75, 3.05) is 5.75 Å². The van der Waals surface area contributed by atoms with E-state index >= 15 is 0 Å². The van der Waals surface area contributed by atoms with Gasteiger partial charge in [0.2, 0.25) is 0 Å². The number of hydrogen-bond donors (Lipinski definition) is 2. The molecule has 1 atom stereocenters. The minimum absolute atomic E-state index is 0.419. The van der Waals surface area contributed by atoms with Crippen molar-refractivity contribution in [3.63, 3.8) is 0 Å². The molecule has 1 saturated carbocycles. The molecule has 0 heterocycles. The Kier molecular flexibility index (Phi) is 4.92. The van der Waals surface area contributed by atoms with Crippen molar-refractivity contribution in [1.82, 2.24) is 5.32 Å². The predicted octanol–water partition coefficient (Wildman–Crippen LogP) is 2.78. The molecule has 1 aliphatic rings. The van der Waals surface area contributed by atoms with Crippen LogP contribution in [0.5, 0.6) is 0 Å². The standard InChI is InChI=1S/C13H16ClNO2S/c14-10-3-1-9(2-4-10)7-18-8-12(13(16)17)15-11-5-6-11/h1-4,11-12,15H,5-8H2,(H,16,17). The minimum atomic E-state index is -0.759. The van der Waals surface area contributed by atoms with Gasteiger partial charge >= 0.3 is 5.97 Å². The molecule has 1 aliphatic carbocycles. The number of carboxylic acids is 1. The van der Waals surface area contributed by atoms with E-state index in [4.69, 9.17) is 16.7 Å². The number of hydrogen-bond acceptors (Lipinski definition) is 3. The lowest BCUT2D eigenvalue weighted by Crippen LogP contribution is -2.40. The van der Waals surface area contributed by atoms with Crippen molar-refractivity contribution in [1.29, 1.82) is 0 Å². The van der Waals surface area contributed by atoms with Gasteiger partial charge in [-0.05, 0) is 30.5 Å². The van der Waals surface area contributed by atoms with Crippen LogP contribution in [0.25, 0.3) is 0 Å². The first kappa shape index (κ1) is 13.7. The molecule has 3 nitrogen and oxygen atoms in total. The maximum absolute atomic E-state index is 11.1. The number of carboxylic acid groups (broad SMARTS) is 1. The van der Waals surface area contributed by atoms with E-state index in [1.54, 1.807) is 11.8 Å². The molecule has 0 aromatic heterocycles. The molecule has 1 unspecified atom stereocenters. The Labute approximate surface area is 116 Å². The van der Waals surface area contributed by atoms with Crippen molar-refractivity contribution >= 4 is 29.3 Å². The van der Waals surface area contributed by atoms with Crippen LogP contribution < -0.4 is 5.32 Å². The highest BCUT2D eigenvalue weighted by molar-refractivity contribution is 7.98. The first-order chi connectivity index (χ1) is 8.65. The monoisotopic (exact) mass is 285 g/mol. The topological polar surface area (TPSA) is 49.3 Å². The Balaban J connectivity index is 1.75. The molecule has 0 spiro atoms. The number of rotatable bonds is 7. The molecule has 0 saturated heterocycles. The summed E-state index contributed by atoms with van der Waals surface area (Å²) < 4.78 is 0. The van der Waals surface area contributed by atoms with E-state index in [2.05, 4.69) is 5.32 Å². The number of thioether (sulfide) groups is 1. The molecule has 5 heteroatoms. The molecule has 1 aromatic rings. The van der Waals surface area contributed by atoms with Crippen LogP contribution in [0, 0.1) is 0 Å². The van der Waals surface area contributed by atoms with Crippen molar-refractivity contribution in [3.05, 3.63) is 34.9 Å². The third kappa shape index (κ3) is 4.52. The molecule has 0 amide bonds. The zero-order valence-corrected chi connectivity index (χ0v) is 11.5. The Morgan fingerprint density at radius 2 is 2.11 bits per heavy atom. The zero-order chi connectivity index (χ0) is 13.0. The van der Waals surface area contributed by atoms with E-state index in [0.29, 0.717) is 11.8 Å². The van der Waals surface area contributed by atoms with E-state index in [9.17, 15) is 4.79 Å². The fourth-order valence-electron chi connectivity index (χ4n) is 1.60. The summed E-state index contributed by atoms with van der Waals surface area (Å²) in [7, 11) is 0. The van der Waals surface area contributed by atoms with Gasteiger partial charge in [0.1, 0.15) is 6.04 Å². The third-order valence-corrected chi connectivity index (χ3v) is 4.14. The van der Waals surface area contributed by atoms with Crippen LogP contribution in [0.15, 0.2) is 24.3 Å². The van der Waals surface area contributed by atoms with Gasteiger partial charge in [-0.15, -0.1) is 0 Å². The van der Waals surface area contributed by atoms with Gasteiger partial charge in [-0.3, -0.25) is 4.79 Å². The SMILES string of the molecule is O=C(O)C(CSCc1ccc(Cl)cc1)NC1CC1. The Morgan fingerprint density at radius 1 is 1.44 bits per heavy atom. The van der Waals surface area contributed by atoms with Crippen molar-refractivity contribution in [2.24, 2.45) is 0 Å². The largest absolute Gasteiger partial charge is 0.480 e. The number of halogens is 1. The Bertz CT molecular complexity index is 406. The average Bonchev–Trinajstić information content (AvgIpc) is 3.14. The molecular weight excluding hydrogens is 270 g/mol. The molecule has 98 valence electrons. The first-order valence-electron chi connectivity index (χ1n) is 5.96. The van der Waals surface area contributed by atoms with Crippen LogP contribution >= 0.6 is 23.4 Å². The molecule has 1 aromatic carbocycles. The molecule has 2 rings (SSSR count). The molecule has 0 radical (unpaired) electrons. The van der Waals surface area contributed by atoms with Crippen molar-refractivity contribution < 1.29 is 9.90 Å². The summed E-state index contributed by atoms with van der Waals surface area (Å²) >= 11 is 7.44. The van der Waals surface area contributed by atoms with E-state index in [1.165, 1.54) is 5.56 Å². The van der Waals surface area contributed by atoms with Gasteiger partial charge in [-0.1, -0.05) is 23.7 Å². The van der Waals surface area contributed by atoms with Gasteiger partial charge in [-0.25, -0.2) is 0 Å². The van der Waals surface area contributed by atoms with Crippen LogP contribution in [-0.4, -0.2) is 28.9 Å². The summed E-state index contributed by atoms with van der Waals surface area (Å²) in [5.74, 6) is 0.646. The number of benzene rings is 1. The summed E-state index contributed by atoms with van der Waals surface area (Å²) in [6.07, 6.45) is 2.21. The molecular formula is C13H16ClNO2S. The third-order valence-electron chi connectivity index (χ3n) is 2.78. The van der Waals surface area contributed by atoms with Gasteiger partial charge in [0.25, 0.3) is 0 Å². The fourth-order valence-corrected chi connectivity index (χ4v) is 2.75. The van der Waals surface area contributed by atoms with Crippen LogP contribution in [0.1, 0.15) is 18.4 Å². The van der Waals surface area contributed by atoms with Crippen LogP contribution in [0.4, 0.5) is 0 Å². The number of aliphatic carboxylic acids is 1. The molecule has 0 bridgehead atoms. The van der Waals surface area contributed by atoms with Crippen LogP contribution in [-0.2, 0) is 10.5 Å². The van der Waals surface area contributed by atoms with Crippen LogP contribution in [0.3, 0.4) is 0 Å². The lowest BCUT2D eigenvalue weighted by molar-refractivity contribution is -0.138. The summed E-state index contributed by atoms with van der Waals surface area (Å²) in [6.45, 7) is 0. The smallest absolute Gasteiger partial charge is 0.321 e. The highest BCUT2D eigenvalue weighted by atomic mass is 35.5. The first-order valence-corrected chi connectivity index (χ1v) is 7.49. The molecule has 0 aliphatic heterocycles. The highest BCUT2D eigenvalue weighted by Crippen LogP contribution is 2.21. The Hall–Kier alpha value is -0.710. The maximum atomic E-state index is 11.1. The summed E-state index contributed by atoms with van der Waals surface area (Å²) in [6, 6.07) is 7.64. The number of nitrogens with one attached hydrogen (secondary N) is 1. The van der Waals surface area contributed by atoms with E-state index in [-0.39, 0.29) is 0 Å². The second-order valence-corrected chi connectivity index (χ2v) is 5.94. The normalized spacial score (nSPS) is 16.5. The second-order valence-electron chi connectivity index (χ2n) is 4.47. The van der Waals surface area contributed by atoms with Crippen molar-refractivity contribution in [3.8, 4) is 0 Å². The van der Waals surface area contributed by atoms with Gasteiger partial charge in [-0.2, -0.15) is 11.8 Å². The maximum Gasteiger partial charge on any atom is 0.321 e. The van der Waals surface area contributed by atoms with Gasteiger partial charge < -0.3 is 10.4 Å². The van der Waals surface area contributed by atoms with E-state index in [1.807, 2.05) is 24.3 Å². The fraction of sp³-hybridized carbons (Fsp3) is 0.462. The average molecular weight is 286 g/mol. The van der Waals surface area contributed by atoms with Gasteiger partial charge in [0.15, 0.2) is 0 Å². The molecule has 18 heavy (non-hydrogen) atoms. The van der Waals surface area contributed by atoms with Gasteiger partial charge in [0.05, 0.1) is 0 Å². The highest BCUT2D eigenvalue weighted by Gasteiger charge is 2.27. The summed E-state index contributed by atoms with van der Waals surface area (Å²) in [5.41, 5.74) is 1.17. The quantitative estimate of drug-likeness (QED) is 0.809. The lowest BCUT2D eigenvalue weighted by atomic mass is 10.2. The zero-order valence-electron chi connectivity index (χ0n) is 9.93. The lowest BCUT2D eigenvalue weighted by Gasteiger charge is -2.13. The predicted molar refractivity (Wildman–Crippen MR) is 75.2 cm³/mol. The molecule has 2 N–H and O–H groups in total. The Morgan fingerprint density at radius 3 is 2.67 bits per heavy atom. The van der Waals surface area contributed by atoms with Crippen LogP contribution in [0.2, 0.25) is 5.02 Å². The number of carbonyl (C=O) groups is 1. The molecule has 1 fully saturated rings. The van der Waals surface area contributed by atoms with Crippen molar-refractivity contribution in [2.45, 2.75) is 30.7 Å². The second kappa shape index (κ2) is 6.45. The summed E-state index contributed by atoms with van der Waals surface area (Å²) in [4.78, 5) is 11.1. The minimum Gasteiger partial charge on any atom is -0.480 e. The summed E-state index contributed by atoms with van der Waals surface area (Å²) in [5, 5.41) is 13.0. The van der Waals surface area contributed by atoms with E-state index < -0.39 is 12.0 Å². The van der Waals surface area contributed by atoms with Gasteiger partial charge in [0, 0.05) is 22.6 Å². The van der Waals surface area contributed by atoms with E-state index in [0.717, 1.165) is 23.6 Å².